The third-order valence-electron chi connectivity index (χ3n) is 2.48. The molecule has 0 rings (SSSR count). The van der Waals surface area contributed by atoms with Crippen LogP contribution in [0, 0.1) is 5.41 Å². The molecule has 0 saturated carbocycles. The van der Waals surface area contributed by atoms with E-state index in [0.29, 0.717) is 5.41 Å². The fourth-order valence-electron chi connectivity index (χ4n) is 1.22. The second-order valence-electron chi connectivity index (χ2n) is 3.50. The molecule has 0 aromatic heterocycles. The molecule has 1 heteroatoms. The van der Waals surface area contributed by atoms with Gasteiger partial charge in [0.2, 0.25) is 0 Å². The molecule has 1 atom stereocenters. The molecule has 0 spiro atoms. The van der Waals surface area contributed by atoms with E-state index < -0.39 is 0 Å². The lowest BCUT2D eigenvalue weighted by atomic mass is 9.81. The largest absolute Gasteiger partial charge is 0.0829 e. The summed E-state index contributed by atoms with van der Waals surface area (Å²) in [7, 11) is 0. The molecule has 62 valence electrons. The van der Waals surface area contributed by atoms with E-state index >= 15 is 0 Å². The minimum absolute atomic E-state index is 0.598. The summed E-state index contributed by atoms with van der Waals surface area (Å²) in [6.07, 6.45) is 3.99. The normalized spacial score (nSPS) is 15.3. The van der Waals surface area contributed by atoms with Gasteiger partial charge in [0.05, 0.1) is 0 Å². The van der Waals surface area contributed by atoms with Crippen molar-refractivity contribution in [2.24, 2.45) is 5.41 Å². The average molecular weight is 254 g/mol. The Morgan fingerprint density at radius 3 is 1.80 bits per heavy atom. The zero-order valence-corrected chi connectivity index (χ0v) is 9.73. The average Bonchev–Trinajstić information content (AvgIpc) is 1.87. The van der Waals surface area contributed by atoms with Gasteiger partial charge in [-0.05, 0) is 11.8 Å². The Labute approximate surface area is 78.9 Å². The van der Waals surface area contributed by atoms with Gasteiger partial charge in [0.15, 0.2) is 0 Å². The minimum atomic E-state index is 0.598. The molecule has 0 aromatic rings. The van der Waals surface area contributed by atoms with Gasteiger partial charge in [-0.2, -0.15) is 0 Å². The number of hydrogen-bond acceptors (Lipinski definition) is 0. The molecular weight excluding hydrogens is 235 g/mol. The number of hydrogen-bond donors (Lipinski definition) is 0. The first-order valence-electron chi connectivity index (χ1n) is 4.18. The van der Waals surface area contributed by atoms with Crippen LogP contribution in [-0.4, -0.2) is 3.92 Å². The Balaban J connectivity index is 3.80. The fourth-order valence-corrected chi connectivity index (χ4v) is 2.28. The molecule has 0 aliphatic carbocycles. The zero-order chi connectivity index (χ0) is 8.20. The van der Waals surface area contributed by atoms with Crippen LogP contribution >= 0.6 is 22.6 Å². The highest BCUT2D eigenvalue weighted by molar-refractivity contribution is 14.1. The summed E-state index contributed by atoms with van der Waals surface area (Å²) in [5.74, 6) is 0. The standard InChI is InChI=1S/C9H19I/c1-5-9(4,6-2)7-8(3)10/h8H,5-7H2,1-4H3. The van der Waals surface area contributed by atoms with Crippen molar-refractivity contribution in [3.63, 3.8) is 0 Å². The van der Waals surface area contributed by atoms with E-state index in [2.05, 4.69) is 50.3 Å². The molecule has 0 radical (unpaired) electrons. The van der Waals surface area contributed by atoms with E-state index in [1.807, 2.05) is 0 Å². The van der Waals surface area contributed by atoms with E-state index in [1.54, 1.807) is 0 Å². The summed E-state index contributed by atoms with van der Waals surface area (Å²) in [4.78, 5) is 0. The van der Waals surface area contributed by atoms with Gasteiger partial charge in [0, 0.05) is 3.92 Å². The molecule has 0 fully saturated rings. The summed E-state index contributed by atoms with van der Waals surface area (Å²) in [6.45, 7) is 9.28. The highest BCUT2D eigenvalue weighted by Crippen LogP contribution is 2.32. The lowest BCUT2D eigenvalue weighted by Gasteiger charge is -2.27. The number of halogens is 1. The lowest BCUT2D eigenvalue weighted by molar-refractivity contribution is 0.277. The second kappa shape index (κ2) is 4.58. The molecule has 0 heterocycles. The molecule has 0 amide bonds. The quantitative estimate of drug-likeness (QED) is 0.525. The van der Waals surface area contributed by atoms with Crippen LogP contribution in [0.2, 0.25) is 0 Å². The lowest BCUT2D eigenvalue weighted by Crippen LogP contribution is -2.17. The molecule has 0 aromatic carbocycles. The van der Waals surface area contributed by atoms with E-state index in [-0.39, 0.29) is 0 Å². The highest BCUT2D eigenvalue weighted by Gasteiger charge is 2.20. The molecule has 10 heavy (non-hydrogen) atoms. The summed E-state index contributed by atoms with van der Waals surface area (Å²) in [5.41, 5.74) is 0.598. The molecule has 1 unspecified atom stereocenters. The van der Waals surface area contributed by atoms with Crippen molar-refractivity contribution in [2.75, 3.05) is 0 Å². The van der Waals surface area contributed by atoms with E-state index in [4.69, 9.17) is 0 Å². The van der Waals surface area contributed by atoms with Crippen molar-refractivity contribution in [2.45, 2.75) is 50.9 Å². The van der Waals surface area contributed by atoms with Crippen molar-refractivity contribution in [3.8, 4) is 0 Å². The van der Waals surface area contributed by atoms with Crippen molar-refractivity contribution < 1.29 is 0 Å². The maximum absolute atomic E-state index is 2.51. The Kier molecular flexibility index (Phi) is 4.91. The minimum Gasteiger partial charge on any atom is -0.0829 e. The predicted molar refractivity (Wildman–Crippen MR) is 56.8 cm³/mol. The Hall–Kier alpha value is 0.730. The predicted octanol–water partition coefficient (Wildman–Crippen LogP) is 4.03. The Morgan fingerprint density at radius 2 is 1.70 bits per heavy atom. The first kappa shape index (κ1) is 10.7. The number of rotatable bonds is 4. The monoisotopic (exact) mass is 254 g/mol. The zero-order valence-electron chi connectivity index (χ0n) is 7.58. The summed E-state index contributed by atoms with van der Waals surface area (Å²) < 4.78 is 0.822. The maximum atomic E-state index is 2.51. The highest BCUT2D eigenvalue weighted by atomic mass is 127. The van der Waals surface area contributed by atoms with Gasteiger partial charge in [-0.25, -0.2) is 0 Å². The first-order chi connectivity index (χ1) is 4.54. The molecular formula is C9H19I. The van der Waals surface area contributed by atoms with E-state index in [9.17, 15) is 0 Å². The number of alkyl halides is 1. The van der Waals surface area contributed by atoms with Crippen molar-refractivity contribution in [1.29, 1.82) is 0 Å². The van der Waals surface area contributed by atoms with Gasteiger partial charge < -0.3 is 0 Å². The van der Waals surface area contributed by atoms with Crippen LogP contribution in [0.25, 0.3) is 0 Å². The van der Waals surface area contributed by atoms with Crippen LogP contribution < -0.4 is 0 Å². The maximum Gasteiger partial charge on any atom is 0.00865 e. The van der Waals surface area contributed by atoms with Gasteiger partial charge in [-0.15, -0.1) is 0 Å². The van der Waals surface area contributed by atoms with Gasteiger partial charge >= 0.3 is 0 Å². The summed E-state index contributed by atoms with van der Waals surface area (Å²) >= 11 is 2.51. The van der Waals surface area contributed by atoms with Gasteiger partial charge in [0.1, 0.15) is 0 Å². The second-order valence-corrected chi connectivity index (χ2v) is 5.63. The van der Waals surface area contributed by atoms with Crippen LogP contribution in [0.3, 0.4) is 0 Å². The van der Waals surface area contributed by atoms with Crippen molar-refractivity contribution in [1.82, 2.24) is 0 Å². The molecule has 0 bridgehead atoms. The third kappa shape index (κ3) is 3.79. The van der Waals surface area contributed by atoms with Crippen molar-refractivity contribution >= 4 is 22.6 Å². The summed E-state index contributed by atoms with van der Waals surface area (Å²) in [5, 5.41) is 0. The molecule has 0 aliphatic rings. The van der Waals surface area contributed by atoms with E-state index in [0.717, 1.165) is 3.92 Å². The van der Waals surface area contributed by atoms with Gasteiger partial charge in [-0.3, -0.25) is 0 Å². The van der Waals surface area contributed by atoms with Crippen molar-refractivity contribution in [3.05, 3.63) is 0 Å². The first-order valence-corrected chi connectivity index (χ1v) is 5.42. The Bertz CT molecular complexity index is 82.7. The van der Waals surface area contributed by atoms with E-state index in [1.165, 1.54) is 19.3 Å². The van der Waals surface area contributed by atoms with Gasteiger partial charge in [0.25, 0.3) is 0 Å². The third-order valence-corrected chi connectivity index (χ3v) is 2.92. The molecule has 0 aliphatic heterocycles. The SMILES string of the molecule is CCC(C)(CC)CC(C)I. The van der Waals surface area contributed by atoms with Gasteiger partial charge in [-0.1, -0.05) is 63.1 Å². The summed E-state index contributed by atoms with van der Waals surface area (Å²) in [6, 6.07) is 0. The van der Waals surface area contributed by atoms with Crippen LogP contribution in [0.15, 0.2) is 0 Å². The van der Waals surface area contributed by atoms with Crippen LogP contribution in [-0.2, 0) is 0 Å². The molecule has 0 N–H and O–H groups in total. The topological polar surface area (TPSA) is 0 Å². The Morgan fingerprint density at radius 1 is 1.30 bits per heavy atom. The van der Waals surface area contributed by atoms with Crippen LogP contribution in [0.4, 0.5) is 0 Å². The van der Waals surface area contributed by atoms with Crippen LogP contribution in [0.1, 0.15) is 47.0 Å². The molecule has 0 saturated heterocycles. The fraction of sp³-hybridized carbons (Fsp3) is 1.00. The molecule has 0 nitrogen and oxygen atoms in total. The van der Waals surface area contributed by atoms with Crippen LogP contribution in [0.5, 0.6) is 0 Å². The smallest absolute Gasteiger partial charge is 0.00865 e.